The van der Waals surface area contributed by atoms with E-state index in [4.69, 9.17) is 17.2 Å². The zero-order chi connectivity index (χ0) is 38.7. The summed E-state index contributed by atoms with van der Waals surface area (Å²) in [4.78, 5) is 110. The molecule has 0 radical (unpaired) electrons. The average molecular weight is 736 g/mol. The maximum absolute atomic E-state index is 13.7. The van der Waals surface area contributed by atoms with Gasteiger partial charge in [-0.25, -0.2) is 4.79 Å². The molecule has 0 aromatic rings. The number of rotatable bonds is 16. The Morgan fingerprint density at radius 2 is 1.21 bits per heavy atom. The predicted molar refractivity (Wildman–Crippen MR) is 186 cm³/mol. The molecule has 3 rings (SSSR count). The van der Waals surface area contributed by atoms with Gasteiger partial charge in [0.25, 0.3) is 0 Å². The molecule has 0 unspecified atom stereocenters. The topological polar surface area (TPSA) is 305 Å². The monoisotopic (exact) mass is 735 g/mol. The van der Waals surface area contributed by atoms with E-state index in [0.717, 1.165) is 0 Å². The van der Waals surface area contributed by atoms with Crippen LogP contribution in [0.2, 0.25) is 0 Å². The quantitative estimate of drug-likeness (QED) is 0.0428. The largest absolute Gasteiger partial charge is 0.480 e. The summed E-state index contributed by atoms with van der Waals surface area (Å²) in [5.41, 5.74) is 16.3. The Kier molecular flexibility index (Phi) is 15.1. The fraction of sp³-hybridized carbons (Fsp3) is 0.719. The summed E-state index contributed by atoms with van der Waals surface area (Å²) in [6.07, 6.45) is 3.54. The number of carbonyl (C=O) groups excluding carboxylic acids is 7. The Hall–Kier alpha value is -5.01. The number of nitrogens with one attached hydrogen (secondary N) is 4. The van der Waals surface area contributed by atoms with Gasteiger partial charge >= 0.3 is 5.97 Å². The first-order valence-electron chi connectivity index (χ1n) is 17.7. The summed E-state index contributed by atoms with van der Waals surface area (Å²) in [6, 6.07) is -6.62. The molecule has 7 amide bonds. The minimum atomic E-state index is -1.10. The normalized spacial score (nSPS) is 22.1. The molecule has 290 valence electrons. The van der Waals surface area contributed by atoms with Gasteiger partial charge in [-0.05, 0) is 72.1 Å². The number of nitrogens with zero attached hydrogens (tertiary/aromatic N) is 4. The van der Waals surface area contributed by atoms with Crippen molar-refractivity contribution in [1.82, 2.24) is 36.0 Å². The summed E-state index contributed by atoms with van der Waals surface area (Å²) in [5, 5.41) is 19.4. The zero-order valence-electron chi connectivity index (χ0n) is 30.0. The van der Waals surface area contributed by atoms with Crippen LogP contribution in [0.5, 0.6) is 0 Å². The maximum Gasteiger partial charge on any atom is 0.326 e. The van der Waals surface area contributed by atoms with Crippen molar-refractivity contribution >= 4 is 53.3 Å². The van der Waals surface area contributed by atoms with Crippen molar-refractivity contribution < 1.29 is 43.5 Å². The van der Waals surface area contributed by atoms with E-state index in [0.29, 0.717) is 64.6 Å². The summed E-state index contributed by atoms with van der Waals surface area (Å²) in [5.74, 6) is -5.04. The van der Waals surface area contributed by atoms with Gasteiger partial charge in [0.2, 0.25) is 41.4 Å². The van der Waals surface area contributed by atoms with Gasteiger partial charge in [-0.3, -0.25) is 38.6 Å². The Morgan fingerprint density at radius 3 is 1.79 bits per heavy atom. The number of hydrogen-bond donors (Lipinski definition) is 8. The molecule has 0 bridgehead atoms. The second-order valence-corrected chi connectivity index (χ2v) is 13.4. The number of carbonyl (C=O) groups is 8. The maximum atomic E-state index is 13.7. The Morgan fingerprint density at radius 1 is 0.712 bits per heavy atom. The van der Waals surface area contributed by atoms with E-state index in [1.807, 2.05) is 0 Å². The number of guanidine groups is 1. The molecular weight excluding hydrogens is 682 g/mol. The van der Waals surface area contributed by atoms with Gasteiger partial charge in [-0.1, -0.05) is 0 Å². The molecule has 0 aromatic heterocycles. The van der Waals surface area contributed by atoms with Gasteiger partial charge in [-0.15, -0.1) is 0 Å². The van der Waals surface area contributed by atoms with Gasteiger partial charge in [0.15, 0.2) is 5.96 Å². The number of aliphatic imine (C=N–C) groups is 1. The van der Waals surface area contributed by atoms with Crippen molar-refractivity contribution in [2.24, 2.45) is 22.2 Å². The molecule has 3 aliphatic heterocycles. The smallest absolute Gasteiger partial charge is 0.326 e. The van der Waals surface area contributed by atoms with E-state index in [2.05, 4.69) is 26.3 Å². The third-order valence-electron chi connectivity index (χ3n) is 9.44. The number of hydrogen-bond acceptors (Lipinski definition) is 10. The fourth-order valence-electron chi connectivity index (χ4n) is 6.61. The number of nitrogens with two attached hydrogens (primary N) is 3. The lowest BCUT2D eigenvalue weighted by Gasteiger charge is -2.34. The van der Waals surface area contributed by atoms with Gasteiger partial charge in [0.05, 0.1) is 12.6 Å². The minimum absolute atomic E-state index is 0.0744. The fourth-order valence-corrected chi connectivity index (χ4v) is 6.61. The third-order valence-corrected chi connectivity index (χ3v) is 9.44. The standard InChI is InChI=1S/C32H53N11O9/c1-17(39-27(47)20(33)8-4-12-36-32(34)35)25(45)37-16-24(44)38-18(2)26(46)40-19(3)28(48)41-13-5-9-21(41)29(49)42-14-6-10-22(42)30(50)43-15-7-11-23(43)31(51)52/h17-23H,4-16,33H2,1-3H3,(H,37,45)(H,38,44)(H,39,47)(H,40,46)(H,51,52)(H4,34,35,36)/t17-,18-,19-,20-,21-,22-,23-/m0/s1. The molecule has 3 heterocycles. The Labute approximate surface area is 302 Å². The van der Waals surface area contributed by atoms with Crippen LogP contribution in [0.3, 0.4) is 0 Å². The first-order valence-corrected chi connectivity index (χ1v) is 17.7. The number of carboxylic acid groups (broad SMARTS) is 1. The number of aliphatic carboxylic acids is 1. The van der Waals surface area contributed by atoms with Gasteiger partial charge in [0.1, 0.15) is 36.3 Å². The molecule has 0 saturated carbocycles. The predicted octanol–water partition coefficient (Wildman–Crippen LogP) is -3.94. The first-order chi connectivity index (χ1) is 24.5. The van der Waals surface area contributed by atoms with Crippen LogP contribution >= 0.6 is 0 Å². The van der Waals surface area contributed by atoms with Crippen LogP contribution in [0.4, 0.5) is 0 Å². The third kappa shape index (κ3) is 11.0. The lowest BCUT2D eigenvalue weighted by Crippen LogP contribution is -2.57. The molecule has 20 heteroatoms. The van der Waals surface area contributed by atoms with Crippen molar-refractivity contribution in [3.05, 3.63) is 0 Å². The Balaban J connectivity index is 1.45. The SMILES string of the molecule is C[C@H](NC(=O)CNC(=O)[C@H](C)NC(=O)[C@@H](N)CCCN=C(N)N)C(=O)N[C@@H](C)C(=O)N1CCC[C@H]1C(=O)N1CCC[C@H]1C(=O)N1CCC[C@H]1C(=O)O. The van der Waals surface area contributed by atoms with Crippen LogP contribution in [-0.4, -0.2) is 148 Å². The molecule has 3 aliphatic rings. The van der Waals surface area contributed by atoms with Crippen LogP contribution in [-0.2, 0) is 38.4 Å². The van der Waals surface area contributed by atoms with Crippen LogP contribution in [0, 0.1) is 0 Å². The molecule has 3 fully saturated rings. The number of carboxylic acids is 1. The van der Waals surface area contributed by atoms with Gasteiger partial charge < -0.3 is 58.3 Å². The minimum Gasteiger partial charge on any atom is -0.480 e. The van der Waals surface area contributed by atoms with Crippen LogP contribution in [0.15, 0.2) is 4.99 Å². The lowest BCUT2D eigenvalue weighted by molar-refractivity contribution is -0.153. The van der Waals surface area contributed by atoms with Crippen molar-refractivity contribution in [1.29, 1.82) is 0 Å². The van der Waals surface area contributed by atoms with E-state index < -0.39 is 90.3 Å². The zero-order valence-corrected chi connectivity index (χ0v) is 30.0. The molecule has 11 N–H and O–H groups in total. The van der Waals surface area contributed by atoms with E-state index >= 15 is 0 Å². The Bertz CT molecular complexity index is 1410. The summed E-state index contributed by atoms with van der Waals surface area (Å²) >= 11 is 0. The summed E-state index contributed by atoms with van der Waals surface area (Å²) in [6.45, 7) is 4.96. The van der Waals surface area contributed by atoms with Crippen LogP contribution in [0.25, 0.3) is 0 Å². The molecule has 3 saturated heterocycles. The van der Waals surface area contributed by atoms with Gasteiger partial charge in [0, 0.05) is 26.2 Å². The van der Waals surface area contributed by atoms with Gasteiger partial charge in [-0.2, -0.15) is 0 Å². The van der Waals surface area contributed by atoms with Crippen LogP contribution < -0.4 is 38.5 Å². The van der Waals surface area contributed by atoms with Crippen molar-refractivity contribution in [3.63, 3.8) is 0 Å². The molecular formula is C32H53N11O9. The number of amides is 7. The highest BCUT2D eigenvalue weighted by molar-refractivity contribution is 5.97. The van der Waals surface area contributed by atoms with E-state index in [1.54, 1.807) is 0 Å². The van der Waals surface area contributed by atoms with E-state index in [-0.39, 0.29) is 24.8 Å². The second kappa shape index (κ2) is 19.0. The van der Waals surface area contributed by atoms with Crippen molar-refractivity contribution in [2.45, 2.75) is 114 Å². The number of likely N-dealkylation sites (tertiary alicyclic amines) is 3. The lowest BCUT2D eigenvalue weighted by atomic mass is 10.1. The molecule has 0 spiro atoms. The molecule has 0 aromatic carbocycles. The average Bonchev–Trinajstić information content (AvgIpc) is 3.89. The highest BCUT2D eigenvalue weighted by Crippen LogP contribution is 2.28. The highest BCUT2D eigenvalue weighted by atomic mass is 16.4. The molecule has 0 aliphatic carbocycles. The van der Waals surface area contributed by atoms with Crippen LogP contribution in [0.1, 0.15) is 72.1 Å². The molecule has 7 atom stereocenters. The molecule has 52 heavy (non-hydrogen) atoms. The second-order valence-electron chi connectivity index (χ2n) is 13.4. The summed E-state index contributed by atoms with van der Waals surface area (Å²) < 4.78 is 0. The highest BCUT2D eigenvalue weighted by Gasteiger charge is 2.46. The van der Waals surface area contributed by atoms with E-state index in [9.17, 15) is 43.5 Å². The van der Waals surface area contributed by atoms with Crippen molar-refractivity contribution in [3.8, 4) is 0 Å². The summed E-state index contributed by atoms with van der Waals surface area (Å²) in [7, 11) is 0. The van der Waals surface area contributed by atoms with E-state index in [1.165, 1.54) is 35.5 Å². The molecule has 20 nitrogen and oxygen atoms in total. The first kappa shape index (κ1) is 41.4. The van der Waals surface area contributed by atoms with Crippen molar-refractivity contribution in [2.75, 3.05) is 32.7 Å².